The molecule has 3 amide bonds. The zero-order valence-corrected chi connectivity index (χ0v) is 24.5. The van der Waals surface area contributed by atoms with Gasteiger partial charge in [-0.15, -0.1) is 0 Å². The predicted octanol–water partition coefficient (Wildman–Crippen LogP) is 1.26. The van der Waals surface area contributed by atoms with Crippen molar-refractivity contribution in [3.8, 4) is 0 Å². The number of nitrogens with zero attached hydrogens (tertiary/aromatic N) is 3. The second-order valence-electron chi connectivity index (χ2n) is 11.6. The van der Waals surface area contributed by atoms with Crippen LogP contribution in [0.25, 0.3) is 10.9 Å². The zero-order chi connectivity index (χ0) is 30.8. The molecule has 3 aliphatic rings. The number of carbonyl (C=O) groups is 3. The molecule has 0 bridgehead atoms. The zero-order valence-electron chi connectivity index (χ0n) is 24.5. The third-order valence-corrected chi connectivity index (χ3v) is 8.80. The summed E-state index contributed by atoms with van der Waals surface area (Å²) in [6, 6.07) is 10.9. The average molecular weight is 606 g/mol. The van der Waals surface area contributed by atoms with E-state index in [1.165, 1.54) is 6.07 Å². The van der Waals surface area contributed by atoms with Crippen LogP contribution in [0.3, 0.4) is 0 Å². The number of para-hydroxylation sites is 1. The second-order valence-corrected chi connectivity index (χ2v) is 11.6. The first-order valence-corrected chi connectivity index (χ1v) is 14.9. The molecule has 2 aromatic carbocycles. The summed E-state index contributed by atoms with van der Waals surface area (Å²) in [4.78, 5) is 61.2. The number of aromatic amines is 1. The second kappa shape index (κ2) is 12.8. The molecule has 13 heteroatoms. The number of anilines is 1. The molecule has 4 atom stereocenters. The van der Waals surface area contributed by atoms with Gasteiger partial charge >= 0.3 is 0 Å². The predicted molar refractivity (Wildman–Crippen MR) is 160 cm³/mol. The Morgan fingerprint density at radius 1 is 1.14 bits per heavy atom. The van der Waals surface area contributed by atoms with Crippen LogP contribution < -0.4 is 21.5 Å². The molecular weight excluding hydrogens is 569 g/mol. The highest BCUT2D eigenvalue weighted by Gasteiger charge is 2.36. The SMILES string of the molecule is CO[C@@H]1CN(CC(=O)N2CCNCC2c2nc3ccccc3c(=O)[nH]2)CC[C@H]1c1ccc(N[C@H]2CCC(=O)NC2=O)cc1F. The number of amides is 3. The highest BCUT2D eigenvalue weighted by molar-refractivity contribution is 6.01. The number of carbonyl (C=O) groups excluding carboxylic acids is 3. The van der Waals surface area contributed by atoms with Crippen molar-refractivity contribution in [3.63, 3.8) is 0 Å². The van der Waals surface area contributed by atoms with Gasteiger partial charge in [-0.2, -0.15) is 0 Å². The normalized spacial score (nSPS) is 24.7. The molecule has 12 nitrogen and oxygen atoms in total. The third kappa shape index (κ3) is 6.21. The van der Waals surface area contributed by atoms with Gasteiger partial charge in [-0.05, 0) is 49.2 Å². The number of piperidine rings is 2. The first-order chi connectivity index (χ1) is 21.3. The molecule has 6 rings (SSSR count). The van der Waals surface area contributed by atoms with Crippen molar-refractivity contribution in [2.24, 2.45) is 0 Å². The van der Waals surface area contributed by atoms with Crippen molar-refractivity contribution >= 4 is 34.3 Å². The summed E-state index contributed by atoms with van der Waals surface area (Å²) in [6.07, 6.45) is 0.836. The number of benzene rings is 2. The number of aromatic nitrogens is 2. The van der Waals surface area contributed by atoms with Crippen LogP contribution in [0.1, 0.15) is 42.6 Å². The van der Waals surface area contributed by atoms with Crippen molar-refractivity contribution < 1.29 is 23.5 Å². The highest BCUT2D eigenvalue weighted by Crippen LogP contribution is 2.33. The molecule has 3 aromatic rings. The lowest BCUT2D eigenvalue weighted by molar-refractivity contribution is -0.137. The lowest BCUT2D eigenvalue weighted by atomic mass is 9.86. The summed E-state index contributed by atoms with van der Waals surface area (Å²) < 4.78 is 21.2. The molecule has 0 radical (unpaired) electrons. The van der Waals surface area contributed by atoms with Gasteiger partial charge in [-0.3, -0.25) is 29.4 Å². The van der Waals surface area contributed by atoms with Gasteiger partial charge in [0.25, 0.3) is 5.56 Å². The van der Waals surface area contributed by atoms with Gasteiger partial charge in [0, 0.05) is 51.3 Å². The average Bonchev–Trinajstić information content (AvgIpc) is 3.02. The van der Waals surface area contributed by atoms with E-state index in [0.29, 0.717) is 73.5 Å². The number of fused-ring (bicyclic) bond motifs is 1. The minimum absolute atomic E-state index is 0.0735. The number of H-pyrrole nitrogens is 1. The first-order valence-electron chi connectivity index (χ1n) is 14.9. The maximum Gasteiger partial charge on any atom is 0.258 e. The van der Waals surface area contributed by atoms with Gasteiger partial charge in [0.1, 0.15) is 23.7 Å². The fourth-order valence-corrected chi connectivity index (χ4v) is 6.46. The van der Waals surface area contributed by atoms with Crippen molar-refractivity contribution in [1.29, 1.82) is 0 Å². The van der Waals surface area contributed by atoms with E-state index < -0.39 is 23.8 Å². The van der Waals surface area contributed by atoms with Gasteiger partial charge in [-0.1, -0.05) is 18.2 Å². The number of nitrogens with one attached hydrogen (secondary N) is 4. The molecule has 0 saturated carbocycles. The van der Waals surface area contributed by atoms with E-state index in [1.54, 1.807) is 42.3 Å². The Morgan fingerprint density at radius 2 is 1.98 bits per heavy atom. The van der Waals surface area contributed by atoms with Crippen LogP contribution >= 0.6 is 0 Å². The van der Waals surface area contributed by atoms with Crippen LogP contribution in [0, 0.1) is 5.82 Å². The van der Waals surface area contributed by atoms with E-state index in [9.17, 15) is 19.2 Å². The van der Waals surface area contributed by atoms with E-state index in [-0.39, 0.29) is 42.4 Å². The number of halogens is 1. The molecule has 3 aliphatic heterocycles. The van der Waals surface area contributed by atoms with Crippen molar-refractivity contribution in [3.05, 3.63) is 70.0 Å². The number of rotatable bonds is 7. The van der Waals surface area contributed by atoms with E-state index >= 15 is 4.39 Å². The van der Waals surface area contributed by atoms with Crippen LogP contribution in [0.4, 0.5) is 10.1 Å². The minimum Gasteiger partial charge on any atom is -0.379 e. The van der Waals surface area contributed by atoms with E-state index in [0.717, 1.165) is 0 Å². The minimum atomic E-state index is -0.599. The quantitative estimate of drug-likeness (QED) is 0.292. The maximum absolute atomic E-state index is 15.4. The van der Waals surface area contributed by atoms with Crippen molar-refractivity contribution in [2.75, 3.05) is 51.7 Å². The van der Waals surface area contributed by atoms with Gasteiger partial charge in [0.05, 0.1) is 23.6 Å². The summed E-state index contributed by atoms with van der Waals surface area (Å²) >= 11 is 0. The van der Waals surface area contributed by atoms with E-state index in [1.807, 2.05) is 11.0 Å². The Labute approximate surface area is 253 Å². The fourth-order valence-electron chi connectivity index (χ4n) is 6.46. The Bertz CT molecular complexity index is 1630. The molecule has 3 fully saturated rings. The summed E-state index contributed by atoms with van der Waals surface area (Å²) in [7, 11) is 1.59. The molecule has 0 spiro atoms. The van der Waals surface area contributed by atoms with Crippen molar-refractivity contribution in [1.82, 2.24) is 30.4 Å². The number of piperazine rings is 1. The van der Waals surface area contributed by atoms with Crippen LogP contribution in [0.15, 0.2) is 47.3 Å². The molecule has 4 heterocycles. The lowest BCUT2D eigenvalue weighted by Crippen LogP contribution is -2.54. The van der Waals surface area contributed by atoms with Gasteiger partial charge in [0.15, 0.2) is 0 Å². The van der Waals surface area contributed by atoms with Crippen LogP contribution in [0.2, 0.25) is 0 Å². The molecule has 232 valence electrons. The van der Waals surface area contributed by atoms with Crippen molar-refractivity contribution in [2.45, 2.75) is 43.4 Å². The van der Waals surface area contributed by atoms with E-state index in [4.69, 9.17) is 4.74 Å². The Hall–Kier alpha value is -4.20. The lowest BCUT2D eigenvalue weighted by Gasteiger charge is -2.40. The number of methoxy groups -OCH3 is 1. The molecular formula is C31H36FN7O5. The fraction of sp³-hybridized carbons (Fsp3) is 0.452. The summed E-state index contributed by atoms with van der Waals surface area (Å²) in [5, 5.41) is 9.12. The molecule has 3 saturated heterocycles. The monoisotopic (exact) mass is 605 g/mol. The Balaban J connectivity index is 1.11. The topological polar surface area (TPSA) is 149 Å². The van der Waals surface area contributed by atoms with Gasteiger partial charge < -0.3 is 25.3 Å². The van der Waals surface area contributed by atoms with Gasteiger partial charge in [-0.25, -0.2) is 9.37 Å². The van der Waals surface area contributed by atoms with Crippen LogP contribution in [-0.4, -0.2) is 96.0 Å². The number of hydrogen-bond donors (Lipinski definition) is 4. The van der Waals surface area contributed by atoms with E-state index in [2.05, 4.69) is 25.9 Å². The largest absolute Gasteiger partial charge is 0.379 e. The smallest absolute Gasteiger partial charge is 0.258 e. The Morgan fingerprint density at radius 3 is 2.77 bits per heavy atom. The number of likely N-dealkylation sites (tertiary alicyclic amines) is 1. The summed E-state index contributed by atoms with van der Waals surface area (Å²) in [5.74, 6) is -0.959. The molecule has 4 N–H and O–H groups in total. The number of hydrogen-bond acceptors (Lipinski definition) is 9. The molecule has 1 aromatic heterocycles. The molecule has 0 aliphatic carbocycles. The maximum atomic E-state index is 15.4. The number of imide groups is 1. The Kier molecular flexibility index (Phi) is 8.69. The van der Waals surface area contributed by atoms with Crippen LogP contribution in [0.5, 0.6) is 0 Å². The third-order valence-electron chi connectivity index (χ3n) is 8.80. The first kappa shape index (κ1) is 29.9. The molecule has 44 heavy (non-hydrogen) atoms. The number of ether oxygens (including phenoxy) is 1. The van der Waals surface area contributed by atoms with Gasteiger partial charge in [0.2, 0.25) is 17.7 Å². The summed E-state index contributed by atoms with van der Waals surface area (Å²) in [6.45, 7) is 2.78. The molecule has 1 unspecified atom stereocenters. The summed E-state index contributed by atoms with van der Waals surface area (Å²) in [5.41, 5.74) is 1.33. The standard InChI is InChI=1S/C31H36FN7O5/c1-44-26-16-38(12-10-20(26)19-7-6-18(14-22(19)32)34-24-8-9-27(40)36-31(24)43)17-28(41)39-13-11-33-15-25(39)29-35-23-5-3-2-4-21(23)30(42)37-29/h2-7,14,20,24-26,33-34H,8-13,15-17H2,1H3,(H,35,37,42)(H,36,40,43)/t20-,24-,25?,26+/m0/s1. The van der Waals surface area contributed by atoms with Crippen LogP contribution in [-0.2, 0) is 19.1 Å². The highest BCUT2D eigenvalue weighted by atomic mass is 19.1.